The van der Waals surface area contributed by atoms with Crippen LogP contribution in [0.5, 0.6) is 0 Å². The molecule has 0 fully saturated rings. The zero-order chi connectivity index (χ0) is 7.52. The van der Waals surface area contributed by atoms with Crippen molar-refractivity contribution in [3.63, 3.8) is 0 Å². The number of nitrogens with zero attached hydrogens (tertiary/aromatic N) is 1. The number of hydrogen-bond donors (Lipinski definition) is 0. The lowest BCUT2D eigenvalue weighted by Crippen LogP contribution is -1.88. The summed E-state index contributed by atoms with van der Waals surface area (Å²) in [6.45, 7) is 0.856. The van der Waals surface area contributed by atoms with E-state index in [4.69, 9.17) is 0 Å². The third-order valence-corrected chi connectivity index (χ3v) is 2.43. The highest BCUT2D eigenvalue weighted by molar-refractivity contribution is 8.16. The van der Waals surface area contributed by atoms with Crippen molar-refractivity contribution < 1.29 is 0 Å². The highest BCUT2D eigenvalue weighted by Crippen LogP contribution is 2.21. The lowest BCUT2D eigenvalue weighted by Gasteiger charge is -1.96. The van der Waals surface area contributed by atoms with E-state index in [1.807, 2.05) is 18.2 Å². The van der Waals surface area contributed by atoms with E-state index in [-0.39, 0.29) is 0 Å². The molecule has 1 radical (unpaired) electrons. The summed E-state index contributed by atoms with van der Waals surface area (Å²) in [6, 6.07) is 10.3. The van der Waals surface area contributed by atoms with Crippen molar-refractivity contribution in [2.75, 3.05) is 6.54 Å². The molecule has 2 rings (SSSR count). The highest BCUT2D eigenvalue weighted by atomic mass is 32.2. The van der Waals surface area contributed by atoms with Gasteiger partial charge < -0.3 is 0 Å². The summed E-state index contributed by atoms with van der Waals surface area (Å²) in [5.74, 6) is 2.11. The van der Waals surface area contributed by atoms with E-state index >= 15 is 0 Å². The van der Waals surface area contributed by atoms with Gasteiger partial charge in [0, 0.05) is 11.3 Å². The van der Waals surface area contributed by atoms with Crippen molar-refractivity contribution in [2.45, 2.75) is 0 Å². The summed E-state index contributed by atoms with van der Waals surface area (Å²) in [4.78, 5) is 4.33. The molecule has 0 spiro atoms. The quantitative estimate of drug-likeness (QED) is 0.617. The number of thioether (sulfide) groups is 1. The standard InChI is InChI=1S/C9H8NS/c1-2-4-8(5-3-1)9-10-6-7-11-9/h1-5,7H,6H2. The van der Waals surface area contributed by atoms with Crippen molar-refractivity contribution in [1.29, 1.82) is 0 Å². The van der Waals surface area contributed by atoms with Gasteiger partial charge in [0.1, 0.15) is 0 Å². The molecule has 1 aromatic rings. The molecule has 0 unspecified atom stereocenters. The Balaban J connectivity index is 2.29. The second-order valence-electron chi connectivity index (χ2n) is 2.30. The van der Waals surface area contributed by atoms with Crippen molar-refractivity contribution in [2.24, 2.45) is 4.99 Å². The van der Waals surface area contributed by atoms with Gasteiger partial charge in [0.15, 0.2) is 0 Å². The molecule has 1 aliphatic rings. The van der Waals surface area contributed by atoms with Crippen molar-refractivity contribution in [3.8, 4) is 0 Å². The van der Waals surface area contributed by atoms with E-state index in [9.17, 15) is 0 Å². The van der Waals surface area contributed by atoms with E-state index in [1.54, 1.807) is 11.8 Å². The van der Waals surface area contributed by atoms with Crippen LogP contribution in [-0.4, -0.2) is 11.6 Å². The molecule has 0 aromatic heterocycles. The Bertz CT molecular complexity index is 266. The van der Waals surface area contributed by atoms with Crippen LogP contribution in [0.2, 0.25) is 0 Å². The van der Waals surface area contributed by atoms with E-state index in [0.29, 0.717) is 0 Å². The summed E-state index contributed by atoms with van der Waals surface area (Å²) in [6.07, 6.45) is 0. The minimum atomic E-state index is 0.856. The average Bonchev–Trinajstić information content (AvgIpc) is 2.58. The first kappa shape index (κ1) is 6.92. The molecule has 0 amide bonds. The van der Waals surface area contributed by atoms with Crippen molar-refractivity contribution in [3.05, 3.63) is 41.6 Å². The number of rotatable bonds is 1. The van der Waals surface area contributed by atoms with E-state index < -0.39 is 0 Å². The van der Waals surface area contributed by atoms with Gasteiger partial charge in [-0.05, 0) is 0 Å². The zero-order valence-electron chi connectivity index (χ0n) is 6.03. The maximum Gasteiger partial charge on any atom is 0.0981 e. The molecule has 1 aromatic carbocycles. The smallest absolute Gasteiger partial charge is 0.0981 e. The highest BCUT2D eigenvalue weighted by Gasteiger charge is 2.08. The van der Waals surface area contributed by atoms with Crippen LogP contribution in [0.25, 0.3) is 0 Å². The second kappa shape index (κ2) is 3.09. The lowest BCUT2D eigenvalue weighted by molar-refractivity contribution is 1.25. The van der Waals surface area contributed by atoms with E-state index in [1.165, 1.54) is 5.56 Å². The molecule has 0 atom stereocenters. The van der Waals surface area contributed by atoms with Crippen LogP contribution < -0.4 is 0 Å². The van der Waals surface area contributed by atoms with Crippen LogP contribution in [-0.2, 0) is 0 Å². The monoisotopic (exact) mass is 162 g/mol. The normalized spacial score (nSPS) is 16.5. The van der Waals surface area contributed by atoms with Gasteiger partial charge in [-0.25, -0.2) is 0 Å². The molecule has 2 heteroatoms. The summed E-state index contributed by atoms with van der Waals surface area (Å²) in [7, 11) is 0. The van der Waals surface area contributed by atoms with Gasteiger partial charge in [0.2, 0.25) is 0 Å². The topological polar surface area (TPSA) is 12.4 Å². The van der Waals surface area contributed by atoms with Gasteiger partial charge in [0.05, 0.1) is 11.6 Å². The Morgan fingerprint density at radius 2 is 2.00 bits per heavy atom. The molecular formula is C9H8NS. The molecule has 0 bridgehead atoms. The number of hydrogen-bond acceptors (Lipinski definition) is 2. The van der Waals surface area contributed by atoms with E-state index in [0.717, 1.165) is 11.6 Å². The van der Waals surface area contributed by atoms with Crippen LogP contribution >= 0.6 is 11.8 Å². The Morgan fingerprint density at radius 1 is 1.18 bits per heavy atom. The summed E-state index contributed by atoms with van der Waals surface area (Å²) in [5, 5.41) is 1.14. The Hall–Kier alpha value is -0.760. The largest absolute Gasteiger partial charge is 0.277 e. The van der Waals surface area contributed by atoms with Crippen LogP contribution in [0.4, 0.5) is 0 Å². The van der Waals surface area contributed by atoms with E-state index in [2.05, 4.69) is 22.9 Å². The van der Waals surface area contributed by atoms with Gasteiger partial charge >= 0.3 is 0 Å². The Labute approximate surface area is 70.5 Å². The lowest BCUT2D eigenvalue weighted by atomic mass is 10.2. The second-order valence-corrected chi connectivity index (χ2v) is 3.25. The molecule has 0 N–H and O–H groups in total. The first-order valence-corrected chi connectivity index (χ1v) is 4.43. The Kier molecular flexibility index (Phi) is 1.95. The van der Waals surface area contributed by atoms with Crippen LogP contribution in [0.3, 0.4) is 0 Å². The van der Waals surface area contributed by atoms with Crippen LogP contribution in [0.15, 0.2) is 35.3 Å². The van der Waals surface area contributed by atoms with Gasteiger partial charge in [-0.2, -0.15) is 0 Å². The third kappa shape index (κ3) is 1.46. The summed E-state index contributed by atoms with van der Waals surface area (Å²) in [5.41, 5.74) is 1.23. The molecule has 0 saturated carbocycles. The fourth-order valence-corrected chi connectivity index (χ4v) is 1.74. The number of aliphatic imine (C=N–C) groups is 1. The molecule has 11 heavy (non-hydrogen) atoms. The fourth-order valence-electron chi connectivity index (χ4n) is 1.01. The Morgan fingerprint density at radius 3 is 2.64 bits per heavy atom. The molecule has 0 aliphatic carbocycles. The predicted molar refractivity (Wildman–Crippen MR) is 49.7 cm³/mol. The van der Waals surface area contributed by atoms with Crippen LogP contribution in [0, 0.1) is 5.75 Å². The molecule has 1 heterocycles. The predicted octanol–water partition coefficient (Wildman–Crippen LogP) is 2.34. The first-order valence-electron chi connectivity index (χ1n) is 3.55. The summed E-state index contributed by atoms with van der Waals surface area (Å²) >= 11 is 1.72. The van der Waals surface area contributed by atoms with Gasteiger partial charge in [0.25, 0.3) is 0 Å². The van der Waals surface area contributed by atoms with Crippen LogP contribution in [0.1, 0.15) is 5.56 Å². The van der Waals surface area contributed by atoms with Gasteiger partial charge in [-0.3, -0.25) is 4.99 Å². The van der Waals surface area contributed by atoms with Gasteiger partial charge in [-0.1, -0.05) is 42.1 Å². The minimum absolute atomic E-state index is 0.856. The van der Waals surface area contributed by atoms with Crippen molar-refractivity contribution >= 4 is 16.8 Å². The average molecular weight is 162 g/mol. The fraction of sp³-hybridized carbons (Fsp3) is 0.111. The maximum absolute atomic E-state index is 4.33. The molecule has 0 saturated heterocycles. The zero-order valence-corrected chi connectivity index (χ0v) is 6.84. The third-order valence-electron chi connectivity index (χ3n) is 1.53. The first-order chi connectivity index (χ1) is 5.47. The molecule has 55 valence electrons. The molecule has 1 nitrogen and oxygen atoms in total. The number of benzene rings is 1. The molecular weight excluding hydrogens is 154 g/mol. The van der Waals surface area contributed by atoms with Crippen molar-refractivity contribution in [1.82, 2.24) is 0 Å². The van der Waals surface area contributed by atoms with Gasteiger partial charge in [-0.15, -0.1) is 0 Å². The SMILES string of the molecule is [CH]1CN=C(c2ccccc2)S1. The molecule has 1 aliphatic heterocycles. The minimum Gasteiger partial charge on any atom is -0.277 e. The maximum atomic E-state index is 4.33. The summed E-state index contributed by atoms with van der Waals surface area (Å²) < 4.78 is 0.